The van der Waals surface area contributed by atoms with E-state index in [1.165, 1.54) is 0 Å². The highest BCUT2D eigenvalue weighted by Gasteiger charge is 2.21. The first kappa shape index (κ1) is 22.5. The lowest BCUT2D eigenvalue weighted by molar-refractivity contribution is 0.0527. The summed E-state index contributed by atoms with van der Waals surface area (Å²) < 4.78 is 28.0. The molecule has 3 N–H and O–H groups in total. The number of guanidine groups is 1. The molecule has 10 heteroatoms. The smallest absolute Gasteiger partial charge is 0.407 e. The Kier molecular flexibility index (Phi) is 9.14. The van der Waals surface area contributed by atoms with Crippen LogP contribution < -0.4 is 16.0 Å². The van der Waals surface area contributed by atoms with Crippen molar-refractivity contribution in [1.82, 2.24) is 20.9 Å². The molecule has 1 aliphatic rings. The lowest BCUT2D eigenvalue weighted by Crippen LogP contribution is -2.46. The van der Waals surface area contributed by atoms with Crippen LogP contribution in [0.3, 0.4) is 0 Å². The Labute approximate surface area is 156 Å². The van der Waals surface area contributed by atoms with Gasteiger partial charge in [0.2, 0.25) is 0 Å². The Balaban J connectivity index is 2.09. The van der Waals surface area contributed by atoms with Crippen molar-refractivity contribution in [2.75, 3.05) is 57.8 Å². The van der Waals surface area contributed by atoms with E-state index in [-0.39, 0.29) is 11.5 Å². The number of rotatable bonds is 7. The molecule has 0 atom stereocenters. The summed E-state index contributed by atoms with van der Waals surface area (Å²) in [6.07, 6.45) is 0.327. The SMILES string of the molecule is CN=C(NCCCNC(=O)OC(C)(C)C)NCCN1CCS(=O)(=O)CC1. The molecular weight excluding hydrogens is 358 g/mol. The number of ether oxygens (including phenoxy) is 1. The van der Waals surface area contributed by atoms with Gasteiger partial charge in [-0.3, -0.25) is 9.89 Å². The highest BCUT2D eigenvalue weighted by atomic mass is 32.2. The van der Waals surface area contributed by atoms with Crippen LogP contribution in [0.1, 0.15) is 27.2 Å². The summed E-state index contributed by atoms with van der Waals surface area (Å²) in [4.78, 5) is 17.8. The number of nitrogens with one attached hydrogen (secondary N) is 3. The molecule has 26 heavy (non-hydrogen) atoms. The predicted octanol–water partition coefficient (Wildman–Crippen LogP) is -0.203. The van der Waals surface area contributed by atoms with Gasteiger partial charge in [0, 0.05) is 46.3 Å². The number of hydrogen-bond acceptors (Lipinski definition) is 6. The molecule has 1 heterocycles. The van der Waals surface area contributed by atoms with Gasteiger partial charge in [0.05, 0.1) is 11.5 Å². The van der Waals surface area contributed by atoms with E-state index < -0.39 is 21.5 Å². The van der Waals surface area contributed by atoms with E-state index in [0.717, 1.165) is 13.0 Å². The Morgan fingerprint density at radius 3 is 2.23 bits per heavy atom. The second kappa shape index (κ2) is 10.6. The second-order valence-electron chi connectivity index (χ2n) is 7.20. The number of sulfone groups is 1. The summed E-state index contributed by atoms with van der Waals surface area (Å²) >= 11 is 0. The van der Waals surface area contributed by atoms with Crippen molar-refractivity contribution in [2.24, 2.45) is 4.99 Å². The number of nitrogens with zero attached hydrogens (tertiary/aromatic N) is 2. The third-order valence-corrected chi connectivity index (χ3v) is 5.30. The first-order chi connectivity index (χ1) is 12.1. The second-order valence-corrected chi connectivity index (χ2v) is 9.51. The summed E-state index contributed by atoms with van der Waals surface area (Å²) in [6.45, 7) is 9.30. The van der Waals surface area contributed by atoms with E-state index in [9.17, 15) is 13.2 Å². The third-order valence-electron chi connectivity index (χ3n) is 3.70. The molecule has 1 amide bonds. The molecule has 0 aromatic heterocycles. The van der Waals surface area contributed by atoms with E-state index in [1.807, 2.05) is 20.8 Å². The molecule has 0 aliphatic carbocycles. The Morgan fingerprint density at radius 2 is 1.65 bits per heavy atom. The van der Waals surface area contributed by atoms with Crippen molar-refractivity contribution in [3.8, 4) is 0 Å². The standard InChI is InChI=1S/C16H33N5O4S/c1-16(2,3)25-15(22)20-7-5-6-18-14(17-4)19-8-9-21-10-12-26(23,24)13-11-21/h5-13H2,1-4H3,(H,20,22)(H2,17,18,19). The molecular formula is C16H33N5O4S. The van der Waals surface area contributed by atoms with Crippen LogP contribution in [0.25, 0.3) is 0 Å². The molecule has 0 spiro atoms. The summed E-state index contributed by atoms with van der Waals surface area (Å²) in [7, 11) is -1.14. The number of carbonyl (C=O) groups is 1. The molecule has 1 fully saturated rings. The topological polar surface area (TPSA) is 112 Å². The monoisotopic (exact) mass is 391 g/mol. The van der Waals surface area contributed by atoms with Gasteiger partial charge < -0.3 is 20.7 Å². The molecule has 152 valence electrons. The van der Waals surface area contributed by atoms with E-state index in [2.05, 4.69) is 25.8 Å². The average Bonchev–Trinajstić information content (AvgIpc) is 2.52. The fourth-order valence-corrected chi connectivity index (χ4v) is 3.60. The molecule has 0 saturated carbocycles. The Hall–Kier alpha value is -1.55. The van der Waals surface area contributed by atoms with Crippen LogP contribution in [-0.4, -0.2) is 88.8 Å². The van der Waals surface area contributed by atoms with Gasteiger partial charge in [0.1, 0.15) is 5.60 Å². The summed E-state index contributed by atoms with van der Waals surface area (Å²) in [6, 6.07) is 0. The zero-order valence-electron chi connectivity index (χ0n) is 16.3. The molecule has 0 unspecified atom stereocenters. The lowest BCUT2D eigenvalue weighted by atomic mass is 10.2. The van der Waals surface area contributed by atoms with Gasteiger partial charge in [-0.25, -0.2) is 13.2 Å². The minimum absolute atomic E-state index is 0.241. The largest absolute Gasteiger partial charge is 0.444 e. The lowest BCUT2D eigenvalue weighted by Gasteiger charge is -2.26. The number of amides is 1. The molecule has 1 rings (SSSR count). The van der Waals surface area contributed by atoms with Crippen LogP contribution in [0.15, 0.2) is 4.99 Å². The molecule has 0 radical (unpaired) electrons. The van der Waals surface area contributed by atoms with Crippen LogP contribution in [-0.2, 0) is 14.6 Å². The van der Waals surface area contributed by atoms with Crippen LogP contribution in [0, 0.1) is 0 Å². The van der Waals surface area contributed by atoms with E-state index >= 15 is 0 Å². The number of alkyl carbamates (subject to hydrolysis) is 1. The van der Waals surface area contributed by atoms with Gasteiger partial charge in [-0.2, -0.15) is 0 Å². The van der Waals surface area contributed by atoms with Crippen molar-refractivity contribution in [1.29, 1.82) is 0 Å². The maximum atomic E-state index is 11.5. The molecule has 1 aliphatic heterocycles. The van der Waals surface area contributed by atoms with Crippen molar-refractivity contribution in [2.45, 2.75) is 32.8 Å². The van der Waals surface area contributed by atoms with Gasteiger partial charge in [0.15, 0.2) is 15.8 Å². The quantitative estimate of drug-likeness (QED) is 0.313. The Bertz CT molecular complexity index is 558. The van der Waals surface area contributed by atoms with Gasteiger partial charge >= 0.3 is 6.09 Å². The number of aliphatic imine (C=N–C) groups is 1. The minimum atomic E-state index is -2.83. The maximum absolute atomic E-state index is 11.5. The van der Waals surface area contributed by atoms with Crippen molar-refractivity contribution < 1.29 is 17.9 Å². The summed E-state index contributed by atoms with van der Waals surface area (Å²) in [5, 5.41) is 9.09. The van der Waals surface area contributed by atoms with Crippen LogP contribution in [0.2, 0.25) is 0 Å². The molecule has 0 bridgehead atoms. The fourth-order valence-electron chi connectivity index (χ4n) is 2.33. The fraction of sp³-hybridized carbons (Fsp3) is 0.875. The summed E-state index contributed by atoms with van der Waals surface area (Å²) in [5.41, 5.74) is -0.493. The molecule has 0 aromatic rings. The predicted molar refractivity (Wildman–Crippen MR) is 103 cm³/mol. The van der Waals surface area contributed by atoms with E-state index in [1.54, 1.807) is 7.05 Å². The van der Waals surface area contributed by atoms with E-state index in [0.29, 0.717) is 38.7 Å². The van der Waals surface area contributed by atoms with Crippen LogP contribution >= 0.6 is 0 Å². The zero-order chi connectivity index (χ0) is 19.6. The van der Waals surface area contributed by atoms with Gasteiger partial charge in [-0.15, -0.1) is 0 Å². The minimum Gasteiger partial charge on any atom is -0.444 e. The van der Waals surface area contributed by atoms with Gasteiger partial charge in [0.25, 0.3) is 0 Å². The average molecular weight is 392 g/mol. The van der Waals surface area contributed by atoms with Gasteiger partial charge in [-0.1, -0.05) is 0 Å². The normalized spacial score (nSPS) is 18.2. The zero-order valence-corrected chi connectivity index (χ0v) is 17.1. The first-order valence-corrected chi connectivity index (χ1v) is 10.8. The molecule has 9 nitrogen and oxygen atoms in total. The number of hydrogen-bond donors (Lipinski definition) is 3. The molecule has 1 saturated heterocycles. The first-order valence-electron chi connectivity index (χ1n) is 8.95. The van der Waals surface area contributed by atoms with Crippen LogP contribution in [0.5, 0.6) is 0 Å². The number of carbonyl (C=O) groups excluding carboxylic acids is 1. The molecule has 0 aromatic carbocycles. The van der Waals surface area contributed by atoms with Crippen LogP contribution in [0.4, 0.5) is 4.79 Å². The Morgan fingerprint density at radius 1 is 1.08 bits per heavy atom. The highest BCUT2D eigenvalue weighted by Crippen LogP contribution is 2.06. The van der Waals surface area contributed by atoms with E-state index in [4.69, 9.17) is 4.74 Å². The van der Waals surface area contributed by atoms with Gasteiger partial charge in [-0.05, 0) is 27.2 Å². The third kappa shape index (κ3) is 10.4. The van der Waals surface area contributed by atoms with Crippen molar-refractivity contribution in [3.63, 3.8) is 0 Å². The van der Waals surface area contributed by atoms with Crippen molar-refractivity contribution >= 4 is 21.9 Å². The maximum Gasteiger partial charge on any atom is 0.407 e. The summed E-state index contributed by atoms with van der Waals surface area (Å²) in [5.74, 6) is 1.17. The highest BCUT2D eigenvalue weighted by molar-refractivity contribution is 7.91. The van der Waals surface area contributed by atoms with Crippen molar-refractivity contribution in [3.05, 3.63) is 0 Å².